The Bertz CT molecular complexity index is 308. The molecule has 0 bridgehead atoms. The second-order valence-electron chi connectivity index (χ2n) is 2.12. The summed E-state index contributed by atoms with van der Waals surface area (Å²) in [5.74, 6) is 0. The molecule has 0 unspecified atom stereocenters. The van der Waals surface area contributed by atoms with E-state index in [1.54, 1.807) is 25.4 Å². The highest BCUT2D eigenvalue weighted by Crippen LogP contribution is 2.00. The second kappa shape index (κ2) is 3.52. The van der Waals surface area contributed by atoms with Crippen molar-refractivity contribution in [2.45, 2.75) is 0 Å². The minimum absolute atomic E-state index is 0.669. The largest absolute Gasteiger partial charge is 0.296 e. The molecule has 0 saturated heterocycles. The molecule has 0 radical (unpaired) electrons. The van der Waals surface area contributed by atoms with Crippen LogP contribution in [0.1, 0.15) is 11.1 Å². The van der Waals surface area contributed by atoms with Crippen molar-refractivity contribution in [3.8, 4) is 6.07 Å². The van der Waals surface area contributed by atoms with Crippen molar-refractivity contribution >= 4 is 6.21 Å². The van der Waals surface area contributed by atoms with Gasteiger partial charge in [0.05, 0.1) is 11.6 Å². The predicted molar refractivity (Wildman–Crippen MR) is 44.7 cm³/mol. The van der Waals surface area contributed by atoms with E-state index < -0.39 is 0 Å². The molecule has 54 valence electrons. The minimum Gasteiger partial charge on any atom is -0.296 e. The number of rotatable bonds is 1. The van der Waals surface area contributed by atoms with Gasteiger partial charge in [-0.1, -0.05) is 12.1 Å². The summed E-state index contributed by atoms with van der Waals surface area (Å²) >= 11 is 0. The van der Waals surface area contributed by atoms with Gasteiger partial charge in [-0.2, -0.15) is 5.26 Å². The van der Waals surface area contributed by atoms with E-state index in [0.29, 0.717) is 5.56 Å². The van der Waals surface area contributed by atoms with Crippen molar-refractivity contribution in [1.82, 2.24) is 0 Å². The van der Waals surface area contributed by atoms with Crippen LogP contribution in [-0.4, -0.2) is 13.3 Å². The highest BCUT2D eigenvalue weighted by molar-refractivity contribution is 5.79. The van der Waals surface area contributed by atoms with E-state index in [1.165, 1.54) is 0 Å². The molecule has 2 nitrogen and oxygen atoms in total. The van der Waals surface area contributed by atoms with Crippen molar-refractivity contribution in [3.63, 3.8) is 0 Å². The lowest BCUT2D eigenvalue weighted by atomic mass is 10.1. The van der Waals surface area contributed by atoms with Gasteiger partial charge in [0.1, 0.15) is 0 Å². The quantitative estimate of drug-likeness (QED) is 0.551. The number of nitriles is 1. The van der Waals surface area contributed by atoms with Gasteiger partial charge in [-0.05, 0) is 17.7 Å². The monoisotopic (exact) mass is 144 g/mol. The zero-order valence-electron chi connectivity index (χ0n) is 6.28. The topological polar surface area (TPSA) is 36.1 Å². The van der Waals surface area contributed by atoms with Gasteiger partial charge in [0.15, 0.2) is 0 Å². The normalized spacial score (nSPS) is 9.82. The molecular weight excluding hydrogens is 136 g/mol. The molecule has 0 spiro atoms. The molecule has 0 aromatic heterocycles. The van der Waals surface area contributed by atoms with Crippen LogP contribution in [0, 0.1) is 11.3 Å². The molecule has 0 aliphatic rings. The molecule has 0 atom stereocenters. The maximum atomic E-state index is 8.54. The van der Waals surface area contributed by atoms with Crippen LogP contribution in [0.3, 0.4) is 0 Å². The van der Waals surface area contributed by atoms with Crippen molar-refractivity contribution in [1.29, 1.82) is 5.26 Å². The number of hydrogen-bond acceptors (Lipinski definition) is 2. The van der Waals surface area contributed by atoms with E-state index in [-0.39, 0.29) is 0 Å². The van der Waals surface area contributed by atoms with Crippen molar-refractivity contribution in [3.05, 3.63) is 35.4 Å². The van der Waals surface area contributed by atoms with Gasteiger partial charge in [0, 0.05) is 13.3 Å². The predicted octanol–water partition coefficient (Wildman–Crippen LogP) is 1.61. The summed E-state index contributed by atoms with van der Waals surface area (Å²) in [5, 5.41) is 8.54. The molecule has 0 amide bonds. The van der Waals surface area contributed by atoms with E-state index in [1.807, 2.05) is 12.1 Å². The zero-order chi connectivity index (χ0) is 8.10. The summed E-state index contributed by atoms with van der Waals surface area (Å²) in [6.07, 6.45) is 1.72. The fraction of sp³-hybridized carbons (Fsp3) is 0.111. The first-order valence-corrected chi connectivity index (χ1v) is 3.29. The maximum absolute atomic E-state index is 8.54. The summed E-state index contributed by atoms with van der Waals surface area (Å²) in [6.45, 7) is 0. The molecule has 0 aliphatic carbocycles. The van der Waals surface area contributed by atoms with Crippen LogP contribution in [0.5, 0.6) is 0 Å². The average Bonchev–Trinajstić information content (AvgIpc) is 2.06. The van der Waals surface area contributed by atoms with Gasteiger partial charge >= 0.3 is 0 Å². The fourth-order valence-electron chi connectivity index (χ4n) is 0.838. The summed E-state index contributed by atoms with van der Waals surface area (Å²) in [7, 11) is 1.71. The lowest BCUT2D eigenvalue weighted by Crippen LogP contribution is -1.81. The Morgan fingerprint density at radius 2 is 2.36 bits per heavy atom. The SMILES string of the molecule is C/N=C/c1cccc(C#N)c1. The Labute approximate surface area is 65.8 Å². The van der Waals surface area contributed by atoms with Crippen LogP contribution < -0.4 is 0 Å². The third-order valence-electron chi connectivity index (χ3n) is 1.29. The van der Waals surface area contributed by atoms with Crippen LogP contribution in [0.2, 0.25) is 0 Å². The van der Waals surface area contributed by atoms with E-state index in [2.05, 4.69) is 11.1 Å². The number of aliphatic imine (C=N–C) groups is 1. The number of nitrogens with zero attached hydrogens (tertiary/aromatic N) is 2. The summed E-state index contributed by atoms with van der Waals surface area (Å²) in [4.78, 5) is 3.85. The van der Waals surface area contributed by atoms with Gasteiger partial charge < -0.3 is 0 Å². The third kappa shape index (κ3) is 1.91. The highest BCUT2D eigenvalue weighted by atomic mass is 14.6. The van der Waals surface area contributed by atoms with Gasteiger partial charge in [0.2, 0.25) is 0 Å². The Balaban J connectivity index is 3.03. The van der Waals surface area contributed by atoms with Crippen LogP contribution >= 0.6 is 0 Å². The molecule has 1 aromatic carbocycles. The lowest BCUT2D eigenvalue weighted by Gasteiger charge is -1.90. The average molecular weight is 144 g/mol. The molecule has 0 heterocycles. The van der Waals surface area contributed by atoms with E-state index in [9.17, 15) is 0 Å². The van der Waals surface area contributed by atoms with Gasteiger partial charge in [0.25, 0.3) is 0 Å². The van der Waals surface area contributed by atoms with Gasteiger partial charge in [-0.15, -0.1) is 0 Å². The fourth-order valence-corrected chi connectivity index (χ4v) is 0.838. The van der Waals surface area contributed by atoms with E-state index in [0.717, 1.165) is 5.56 Å². The van der Waals surface area contributed by atoms with Crippen molar-refractivity contribution in [2.24, 2.45) is 4.99 Å². The van der Waals surface area contributed by atoms with Crippen LogP contribution in [-0.2, 0) is 0 Å². The summed E-state index contributed by atoms with van der Waals surface area (Å²) < 4.78 is 0. The number of benzene rings is 1. The van der Waals surface area contributed by atoms with Gasteiger partial charge in [-0.25, -0.2) is 0 Å². The van der Waals surface area contributed by atoms with Crippen molar-refractivity contribution in [2.75, 3.05) is 7.05 Å². The van der Waals surface area contributed by atoms with Crippen molar-refractivity contribution < 1.29 is 0 Å². The molecule has 0 N–H and O–H groups in total. The van der Waals surface area contributed by atoms with E-state index in [4.69, 9.17) is 5.26 Å². The minimum atomic E-state index is 0.669. The molecule has 2 heteroatoms. The van der Waals surface area contributed by atoms with Crippen LogP contribution in [0.4, 0.5) is 0 Å². The molecule has 0 aliphatic heterocycles. The molecule has 1 aromatic rings. The van der Waals surface area contributed by atoms with Crippen LogP contribution in [0.15, 0.2) is 29.3 Å². The molecule has 11 heavy (non-hydrogen) atoms. The summed E-state index contributed by atoms with van der Waals surface area (Å²) in [5.41, 5.74) is 1.63. The number of hydrogen-bond donors (Lipinski definition) is 0. The standard InChI is InChI=1S/C9H8N2/c1-11-7-9-4-2-3-8(5-9)6-10/h2-5,7H,1H3/b11-7+. The molecule has 1 rings (SSSR count). The first-order chi connectivity index (χ1) is 5.36. The second-order valence-corrected chi connectivity index (χ2v) is 2.12. The lowest BCUT2D eigenvalue weighted by molar-refractivity contribution is 1.45. The Morgan fingerprint density at radius 1 is 1.55 bits per heavy atom. The first kappa shape index (κ1) is 7.49. The van der Waals surface area contributed by atoms with Gasteiger partial charge in [-0.3, -0.25) is 4.99 Å². The Morgan fingerprint density at radius 3 is 3.00 bits per heavy atom. The molecule has 0 fully saturated rings. The smallest absolute Gasteiger partial charge is 0.0991 e. The first-order valence-electron chi connectivity index (χ1n) is 3.29. The Hall–Kier alpha value is -1.62. The third-order valence-corrected chi connectivity index (χ3v) is 1.29. The Kier molecular flexibility index (Phi) is 2.40. The van der Waals surface area contributed by atoms with Crippen LogP contribution in [0.25, 0.3) is 0 Å². The molecular formula is C9H8N2. The molecule has 0 saturated carbocycles. The maximum Gasteiger partial charge on any atom is 0.0991 e. The van der Waals surface area contributed by atoms with E-state index >= 15 is 0 Å². The highest BCUT2D eigenvalue weighted by Gasteiger charge is 1.89. The zero-order valence-corrected chi connectivity index (χ0v) is 6.28. The summed E-state index contributed by atoms with van der Waals surface area (Å²) in [6, 6.07) is 9.39.